The third-order valence-corrected chi connectivity index (χ3v) is 5.71. The molecule has 1 aromatic carbocycles. The highest BCUT2D eigenvalue weighted by Gasteiger charge is 2.20. The largest absolute Gasteiger partial charge is 0.325 e. The molecule has 1 saturated carbocycles. The summed E-state index contributed by atoms with van der Waals surface area (Å²) < 4.78 is 0. The number of aromatic nitrogens is 3. The number of aromatic amines is 1. The Morgan fingerprint density at radius 2 is 2.04 bits per heavy atom. The number of rotatable bonds is 7. The van der Waals surface area contributed by atoms with Crippen molar-refractivity contribution < 1.29 is 4.79 Å². The third kappa shape index (κ3) is 5.08. The van der Waals surface area contributed by atoms with Crippen LogP contribution in [0.25, 0.3) is 0 Å². The summed E-state index contributed by atoms with van der Waals surface area (Å²) in [6, 6.07) is 7.97. The fourth-order valence-electron chi connectivity index (χ4n) is 3.19. The molecule has 0 radical (unpaired) electrons. The van der Waals surface area contributed by atoms with Crippen LogP contribution in [0.3, 0.4) is 0 Å². The van der Waals surface area contributed by atoms with Gasteiger partial charge in [0.1, 0.15) is 5.82 Å². The fourth-order valence-corrected chi connectivity index (χ4v) is 3.93. The molecular formula is C19H26N4OS. The highest BCUT2D eigenvalue weighted by molar-refractivity contribution is 8.00. The molecule has 25 heavy (non-hydrogen) atoms. The highest BCUT2D eigenvalue weighted by atomic mass is 32.2. The van der Waals surface area contributed by atoms with E-state index in [0.29, 0.717) is 5.16 Å². The van der Waals surface area contributed by atoms with Crippen molar-refractivity contribution in [2.45, 2.75) is 62.8 Å². The van der Waals surface area contributed by atoms with Gasteiger partial charge in [0.25, 0.3) is 0 Å². The molecule has 1 amide bonds. The summed E-state index contributed by atoms with van der Waals surface area (Å²) in [5.74, 6) is 1.64. The predicted octanol–water partition coefficient (Wildman–Crippen LogP) is 4.22. The van der Waals surface area contributed by atoms with Gasteiger partial charge in [-0.1, -0.05) is 56.5 Å². The first-order valence-electron chi connectivity index (χ1n) is 9.11. The van der Waals surface area contributed by atoms with E-state index in [-0.39, 0.29) is 11.2 Å². The number of carbonyl (C=O) groups excluding carboxylic acids is 1. The number of thioether (sulfide) groups is 1. The second kappa shape index (κ2) is 8.52. The zero-order chi connectivity index (χ0) is 17.6. The summed E-state index contributed by atoms with van der Waals surface area (Å²) in [7, 11) is 0. The minimum absolute atomic E-state index is 0.0311. The number of benzene rings is 1. The maximum atomic E-state index is 12.4. The van der Waals surface area contributed by atoms with E-state index in [0.717, 1.165) is 30.3 Å². The van der Waals surface area contributed by atoms with Crippen molar-refractivity contribution in [1.82, 2.24) is 15.2 Å². The first kappa shape index (κ1) is 18.0. The van der Waals surface area contributed by atoms with Gasteiger partial charge in [-0.25, -0.2) is 4.98 Å². The van der Waals surface area contributed by atoms with Gasteiger partial charge in [0.15, 0.2) is 0 Å². The van der Waals surface area contributed by atoms with Crippen LogP contribution in [-0.2, 0) is 17.6 Å². The van der Waals surface area contributed by atoms with Crippen molar-refractivity contribution in [1.29, 1.82) is 0 Å². The monoisotopic (exact) mass is 358 g/mol. The van der Waals surface area contributed by atoms with Crippen LogP contribution in [0, 0.1) is 5.92 Å². The maximum Gasteiger partial charge on any atom is 0.237 e. The normalized spacial score (nSPS) is 16.1. The summed E-state index contributed by atoms with van der Waals surface area (Å²) in [6.45, 7) is 4.00. The van der Waals surface area contributed by atoms with Crippen LogP contribution in [0.1, 0.15) is 50.9 Å². The molecule has 1 atom stereocenters. The van der Waals surface area contributed by atoms with E-state index in [1.807, 2.05) is 31.2 Å². The van der Waals surface area contributed by atoms with Gasteiger partial charge in [0, 0.05) is 12.1 Å². The summed E-state index contributed by atoms with van der Waals surface area (Å²) >= 11 is 1.39. The molecule has 0 spiro atoms. The lowest BCUT2D eigenvalue weighted by molar-refractivity contribution is -0.115. The lowest BCUT2D eigenvalue weighted by Crippen LogP contribution is -2.22. The van der Waals surface area contributed by atoms with Crippen LogP contribution >= 0.6 is 11.8 Å². The Morgan fingerprint density at radius 3 is 2.72 bits per heavy atom. The second-order valence-corrected chi connectivity index (χ2v) is 8.03. The average molecular weight is 359 g/mol. The van der Waals surface area contributed by atoms with Gasteiger partial charge in [-0.05, 0) is 37.0 Å². The standard InChI is InChI=1S/C19H26N4OS/c1-3-14-8-10-16(11-9-14)20-18(24)13(2)25-19-21-17(22-23-19)12-15-6-4-5-7-15/h8-11,13,15H,3-7,12H2,1-2H3,(H,20,24)(H,21,22,23). The van der Waals surface area contributed by atoms with Crippen LogP contribution < -0.4 is 5.32 Å². The van der Waals surface area contributed by atoms with E-state index >= 15 is 0 Å². The number of hydrogen-bond acceptors (Lipinski definition) is 4. The number of carbonyl (C=O) groups is 1. The first-order chi connectivity index (χ1) is 12.1. The lowest BCUT2D eigenvalue weighted by atomic mass is 10.0. The second-order valence-electron chi connectivity index (χ2n) is 6.72. The van der Waals surface area contributed by atoms with Gasteiger partial charge < -0.3 is 5.32 Å². The van der Waals surface area contributed by atoms with Crippen LogP contribution in [0.4, 0.5) is 5.69 Å². The molecule has 3 rings (SSSR count). The number of amides is 1. The fraction of sp³-hybridized carbons (Fsp3) is 0.526. The first-order valence-corrected chi connectivity index (χ1v) is 9.99. The van der Waals surface area contributed by atoms with E-state index in [1.54, 1.807) is 0 Å². The number of anilines is 1. The summed E-state index contributed by atoms with van der Waals surface area (Å²) in [5.41, 5.74) is 2.09. The highest BCUT2D eigenvalue weighted by Crippen LogP contribution is 2.28. The Hall–Kier alpha value is -1.82. The van der Waals surface area contributed by atoms with Crippen molar-refractivity contribution in [2.75, 3.05) is 5.32 Å². The van der Waals surface area contributed by atoms with E-state index in [4.69, 9.17) is 0 Å². The number of nitrogens with zero attached hydrogens (tertiary/aromatic N) is 2. The molecule has 0 saturated heterocycles. The smallest absolute Gasteiger partial charge is 0.237 e. The van der Waals surface area contributed by atoms with Gasteiger partial charge in [-0.2, -0.15) is 0 Å². The van der Waals surface area contributed by atoms with Crippen LogP contribution in [-0.4, -0.2) is 26.3 Å². The number of hydrogen-bond donors (Lipinski definition) is 2. The molecule has 2 aromatic rings. The number of H-pyrrole nitrogens is 1. The van der Waals surface area contributed by atoms with E-state index < -0.39 is 0 Å². The molecule has 1 aliphatic carbocycles. The predicted molar refractivity (Wildman–Crippen MR) is 102 cm³/mol. The van der Waals surface area contributed by atoms with Gasteiger partial charge in [-0.15, -0.1) is 5.10 Å². The maximum absolute atomic E-state index is 12.4. The molecule has 2 N–H and O–H groups in total. The molecule has 1 unspecified atom stereocenters. The Bertz CT molecular complexity index is 692. The summed E-state index contributed by atoms with van der Waals surface area (Å²) in [4.78, 5) is 16.9. The van der Waals surface area contributed by atoms with Crippen LogP contribution in [0.5, 0.6) is 0 Å². The molecule has 6 heteroatoms. The van der Waals surface area contributed by atoms with Crippen molar-refractivity contribution in [3.8, 4) is 0 Å². The van der Waals surface area contributed by atoms with Crippen molar-refractivity contribution in [2.24, 2.45) is 5.92 Å². The molecule has 1 fully saturated rings. The minimum Gasteiger partial charge on any atom is -0.325 e. The molecular weight excluding hydrogens is 332 g/mol. The zero-order valence-corrected chi connectivity index (χ0v) is 15.7. The van der Waals surface area contributed by atoms with Crippen molar-refractivity contribution >= 4 is 23.4 Å². The van der Waals surface area contributed by atoms with Gasteiger partial charge >= 0.3 is 0 Å². The zero-order valence-electron chi connectivity index (χ0n) is 14.9. The Kier molecular flexibility index (Phi) is 6.13. The lowest BCUT2D eigenvalue weighted by Gasteiger charge is -2.10. The third-order valence-electron chi connectivity index (χ3n) is 4.75. The summed E-state index contributed by atoms with van der Waals surface area (Å²) in [5, 5.41) is 10.6. The molecule has 1 heterocycles. The number of nitrogens with one attached hydrogen (secondary N) is 2. The van der Waals surface area contributed by atoms with Crippen LogP contribution in [0.2, 0.25) is 0 Å². The Morgan fingerprint density at radius 1 is 1.32 bits per heavy atom. The molecule has 134 valence electrons. The van der Waals surface area contributed by atoms with Gasteiger partial charge in [0.2, 0.25) is 11.1 Å². The van der Waals surface area contributed by atoms with Crippen molar-refractivity contribution in [3.63, 3.8) is 0 Å². The van der Waals surface area contributed by atoms with Crippen LogP contribution in [0.15, 0.2) is 29.4 Å². The Balaban J connectivity index is 1.51. The van der Waals surface area contributed by atoms with E-state index in [2.05, 4.69) is 27.4 Å². The topological polar surface area (TPSA) is 70.7 Å². The Labute approximate surface area is 153 Å². The summed E-state index contributed by atoms with van der Waals surface area (Å²) in [6.07, 6.45) is 7.21. The van der Waals surface area contributed by atoms with E-state index in [1.165, 1.54) is 43.0 Å². The quantitative estimate of drug-likeness (QED) is 0.727. The average Bonchev–Trinajstić information content (AvgIpc) is 3.28. The van der Waals surface area contributed by atoms with Gasteiger partial charge in [0.05, 0.1) is 5.25 Å². The molecule has 0 bridgehead atoms. The number of aryl methyl sites for hydroxylation is 1. The van der Waals surface area contributed by atoms with Crippen molar-refractivity contribution in [3.05, 3.63) is 35.7 Å². The van der Waals surface area contributed by atoms with E-state index in [9.17, 15) is 4.79 Å². The minimum atomic E-state index is -0.249. The van der Waals surface area contributed by atoms with Gasteiger partial charge in [-0.3, -0.25) is 9.89 Å². The molecule has 1 aromatic heterocycles. The molecule has 5 nitrogen and oxygen atoms in total. The molecule has 1 aliphatic rings. The molecule has 0 aliphatic heterocycles. The SMILES string of the molecule is CCc1ccc(NC(=O)C(C)Sc2n[nH]c(CC3CCCC3)n2)cc1.